The summed E-state index contributed by atoms with van der Waals surface area (Å²) in [6.45, 7) is 9.46. The van der Waals surface area contributed by atoms with Crippen molar-refractivity contribution in [2.45, 2.75) is 46.7 Å². The highest BCUT2D eigenvalue weighted by molar-refractivity contribution is 5.42. The van der Waals surface area contributed by atoms with Crippen LogP contribution in [-0.2, 0) is 6.54 Å². The van der Waals surface area contributed by atoms with E-state index in [0.717, 1.165) is 18.7 Å². The van der Waals surface area contributed by atoms with Gasteiger partial charge < -0.3 is 0 Å². The second-order valence-corrected chi connectivity index (χ2v) is 5.39. The van der Waals surface area contributed by atoms with Crippen LogP contribution in [0.25, 0.3) is 0 Å². The molecule has 4 heteroatoms. The number of nitrogens with two attached hydrogens (primary N) is 1. The minimum Gasteiger partial charge on any atom is -0.271 e. The molecular formula is C16H24N4. The third kappa shape index (κ3) is 2.76. The Morgan fingerprint density at radius 2 is 1.90 bits per heavy atom. The van der Waals surface area contributed by atoms with Gasteiger partial charge in [0.25, 0.3) is 0 Å². The molecular weight excluding hydrogens is 248 g/mol. The third-order valence-corrected chi connectivity index (χ3v) is 3.67. The Bertz CT molecular complexity index is 563. The summed E-state index contributed by atoms with van der Waals surface area (Å²) in [5.74, 6) is 5.85. The molecule has 0 aliphatic heterocycles. The average molecular weight is 272 g/mol. The molecule has 0 spiro atoms. The molecule has 0 saturated carbocycles. The van der Waals surface area contributed by atoms with Crippen molar-refractivity contribution in [2.75, 3.05) is 0 Å². The van der Waals surface area contributed by atoms with Crippen molar-refractivity contribution in [1.29, 1.82) is 0 Å². The van der Waals surface area contributed by atoms with Gasteiger partial charge in [-0.3, -0.25) is 10.5 Å². The zero-order valence-corrected chi connectivity index (χ0v) is 12.8. The number of benzene rings is 1. The first kappa shape index (κ1) is 14.8. The molecule has 0 aliphatic carbocycles. The van der Waals surface area contributed by atoms with Crippen molar-refractivity contribution in [3.05, 3.63) is 52.3 Å². The highest BCUT2D eigenvalue weighted by Gasteiger charge is 2.20. The first-order valence-electron chi connectivity index (χ1n) is 7.14. The highest BCUT2D eigenvalue weighted by Crippen LogP contribution is 2.28. The maximum atomic E-state index is 5.85. The fourth-order valence-electron chi connectivity index (χ4n) is 2.95. The van der Waals surface area contributed by atoms with Gasteiger partial charge in [-0.1, -0.05) is 24.6 Å². The molecule has 0 saturated heterocycles. The number of hydrogen-bond acceptors (Lipinski definition) is 3. The standard InChI is InChI=1S/C16H24N4/c1-5-8-20-14(6-7-18-20)16(19-17)15-12(3)9-11(2)10-13(15)4/h6-7,9-10,16,19H,5,8,17H2,1-4H3. The topological polar surface area (TPSA) is 55.9 Å². The quantitative estimate of drug-likeness (QED) is 0.650. The number of hydrazine groups is 1. The monoisotopic (exact) mass is 272 g/mol. The second-order valence-electron chi connectivity index (χ2n) is 5.39. The van der Waals surface area contributed by atoms with Crippen molar-refractivity contribution in [2.24, 2.45) is 5.84 Å². The summed E-state index contributed by atoms with van der Waals surface area (Å²) >= 11 is 0. The van der Waals surface area contributed by atoms with Gasteiger partial charge >= 0.3 is 0 Å². The van der Waals surface area contributed by atoms with Crippen molar-refractivity contribution in [3.63, 3.8) is 0 Å². The van der Waals surface area contributed by atoms with Gasteiger partial charge in [0, 0.05) is 12.7 Å². The lowest BCUT2D eigenvalue weighted by Gasteiger charge is -2.22. The summed E-state index contributed by atoms with van der Waals surface area (Å²) in [6, 6.07) is 6.42. The maximum absolute atomic E-state index is 5.85. The molecule has 2 rings (SSSR count). The Morgan fingerprint density at radius 1 is 1.25 bits per heavy atom. The molecule has 1 atom stereocenters. The van der Waals surface area contributed by atoms with E-state index in [1.54, 1.807) is 0 Å². The molecule has 2 aromatic rings. The van der Waals surface area contributed by atoms with Gasteiger partial charge in [-0.05, 0) is 49.9 Å². The van der Waals surface area contributed by atoms with Crippen LogP contribution in [-0.4, -0.2) is 9.78 Å². The number of nitrogens with one attached hydrogen (secondary N) is 1. The van der Waals surface area contributed by atoms with Gasteiger partial charge in [-0.25, -0.2) is 5.43 Å². The van der Waals surface area contributed by atoms with Crippen LogP contribution >= 0.6 is 0 Å². The Labute approximate surface area is 121 Å². The minimum absolute atomic E-state index is 0.0235. The van der Waals surface area contributed by atoms with E-state index in [4.69, 9.17) is 5.84 Å². The molecule has 20 heavy (non-hydrogen) atoms. The van der Waals surface area contributed by atoms with Crippen LogP contribution in [0.1, 0.15) is 47.3 Å². The van der Waals surface area contributed by atoms with Gasteiger partial charge in [0.05, 0.1) is 11.7 Å². The number of aryl methyl sites for hydroxylation is 4. The molecule has 4 nitrogen and oxygen atoms in total. The largest absolute Gasteiger partial charge is 0.271 e. The van der Waals surface area contributed by atoms with Gasteiger partial charge in [0.2, 0.25) is 0 Å². The minimum atomic E-state index is -0.0235. The predicted octanol–water partition coefficient (Wildman–Crippen LogP) is 2.77. The van der Waals surface area contributed by atoms with E-state index in [2.05, 4.69) is 50.4 Å². The Balaban J connectivity index is 2.50. The Kier molecular flexibility index (Phi) is 4.57. The highest BCUT2D eigenvalue weighted by atomic mass is 15.3. The van der Waals surface area contributed by atoms with E-state index in [0.29, 0.717) is 0 Å². The van der Waals surface area contributed by atoms with Crippen molar-refractivity contribution >= 4 is 0 Å². The number of rotatable bonds is 5. The molecule has 0 fully saturated rings. The third-order valence-electron chi connectivity index (χ3n) is 3.67. The van der Waals surface area contributed by atoms with E-state index < -0.39 is 0 Å². The number of nitrogens with zero attached hydrogens (tertiary/aromatic N) is 2. The maximum Gasteiger partial charge on any atom is 0.0883 e. The molecule has 1 aromatic carbocycles. The van der Waals surface area contributed by atoms with Crippen LogP contribution in [0.4, 0.5) is 0 Å². The van der Waals surface area contributed by atoms with E-state index in [1.807, 2.05) is 16.9 Å². The molecule has 0 amide bonds. The normalized spacial score (nSPS) is 12.7. The molecule has 1 aromatic heterocycles. The molecule has 1 unspecified atom stereocenters. The average Bonchev–Trinajstić information content (AvgIpc) is 2.82. The summed E-state index contributed by atoms with van der Waals surface area (Å²) < 4.78 is 2.03. The van der Waals surface area contributed by atoms with Crippen LogP contribution in [0.3, 0.4) is 0 Å². The van der Waals surface area contributed by atoms with E-state index in [1.165, 1.54) is 22.3 Å². The van der Waals surface area contributed by atoms with Gasteiger partial charge in [-0.2, -0.15) is 5.10 Å². The van der Waals surface area contributed by atoms with Crippen LogP contribution in [0.5, 0.6) is 0 Å². The van der Waals surface area contributed by atoms with Gasteiger partial charge in [0.15, 0.2) is 0 Å². The van der Waals surface area contributed by atoms with E-state index >= 15 is 0 Å². The molecule has 108 valence electrons. The van der Waals surface area contributed by atoms with Crippen LogP contribution in [0.15, 0.2) is 24.4 Å². The zero-order valence-electron chi connectivity index (χ0n) is 12.8. The molecule has 0 radical (unpaired) electrons. The summed E-state index contributed by atoms with van der Waals surface area (Å²) in [4.78, 5) is 0. The lowest BCUT2D eigenvalue weighted by molar-refractivity contribution is 0.519. The SMILES string of the molecule is CCCn1nccc1C(NN)c1c(C)cc(C)cc1C. The first-order chi connectivity index (χ1) is 9.58. The fraction of sp³-hybridized carbons (Fsp3) is 0.438. The summed E-state index contributed by atoms with van der Waals surface area (Å²) in [7, 11) is 0. The zero-order chi connectivity index (χ0) is 14.7. The summed E-state index contributed by atoms with van der Waals surface area (Å²) in [5.41, 5.74) is 9.12. The molecule has 0 aliphatic rings. The van der Waals surface area contributed by atoms with Crippen molar-refractivity contribution < 1.29 is 0 Å². The van der Waals surface area contributed by atoms with Crippen LogP contribution in [0.2, 0.25) is 0 Å². The van der Waals surface area contributed by atoms with Gasteiger partial charge in [-0.15, -0.1) is 0 Å². The van der Waals surface area contributed by atoms with Gasteiger partial charge in [0.1, 0.15) is 0 Å². The summed E-state index contributed by atoms with van der Waals surface area (Å²) in [6.07, 6.45) is 2.89. The number of hydrogen-bond donors (Lipinski definition) is 2. The molecule has 1 heterocycles. The summed E-state index contributed by atoms with van der Waals surface area (Å²) in [5, 5.41) is 4.40. The molecule has 3 N–H and O–H groups in total. The predicted molar refractivity (Wildman–Crippen MR) is 82.3 cm³/mol. The lowest BCUT2D eigenvalue weighted by atomic mass is 9.92. The number of aromatic nitrogens is 2. The Morgan fingerprint density at radius 3 is 2.45 bits per heavy atom. The second kappa shape index (κ2) is 6.20. The first-order valence-corrected chi connectivity index (χ1v) is 7.14. The van der Waals surface area contributed by atoms with Crippen LogP contribution in [0, 0.1) is 20.8 Å². The van der Waals surface area contributed by atoms with E-state index in [9.17, 15) is 0 Å². The van der Waals surface area contributed by atoms with Crippen LogP contribution < -0.4 is 11.3 Å². The van der Waals surface area contributed by atoms with Crippen molar-refractivity contribution in [3.8, 4) is 0 Å². The lowest BCUT2D eigenvalue weighted by Crippen LogP contribution is -2.32. The fourth-order valence-corrected chi connectivity index (χ4v) is 2.95. The Hall–Kier alpha value is -1.65. The smallest absolute Gasteiger partial charge is 0.0883 e. The van der Waals surface area contributed by atoms with Crippen molar-refractivity contribution in [1.82, 2.24) is 15.2 Å². The van der Waals surface area contributed by atoms with E-state index in [-0.39, 0.29) is 6.04 Å². The molecule has 0 bridgehead atoms.